The van der Waals surface area contributed by atoms with Crippen LogP contribution in [0.5, 0.6) is 0 Å². The second-order valence-electron chi connectivity index (χ2n) is 6.64. The van der Waals surface area contributed by atoms with Gasteiger partial charge in [-0.05, 0) is 42.9 Å². The number of likely N-dealkylation sites (N-methyl/N-ethyl adjacent to an activating group) is 1. The number of nitrogens with zero attached hydrogens (tertiary/aromatic N) is 3. The summed E-state index contributed by atoms with van der Waals surface area (Å²) in [4.78, 5) is 21.4. The van der Waals surface area contributed by atoms with Crippen LogP contribution in [0.3, 0.4) is 0 Å². The molecule has 5 nitrogen and oxygen atoms in total. The number of anilines is 2. The van der Waals surface area contributed by atoms with Crippen LogP contribution in [0.15, 0.2) is 53.5 Å². The summed E-state index contributed by atoms with van der Waals surface area (Å²) in [7, 11) is 2.16. The second kappa shape index (κ2) is 6.69. The molecule has 0 spiro atoms. The van der Waals surface area contributed by atoms with Crippen LogP contribution in [0, 0.1) is 0 Å². The van der Waals surface area contributed by atoms with E-state index in [0.717, 1.165) is 43.1 Å². The minimum absolute atomic E-state index is 0.0148. The van der Waals surface area contributed by atoms with E-state index < -0.39 is 0 Å². The molecule has 0 aliphatic carbocycles. The van der Waals surface area contributed by atoms with Gasteiger partial charge in [0.2, 0.25) is 5.91 Å². The first-order valence-electron chi connectivity index (χ1n) is 8.68. The molecule has 5 heteroatoms. The minimum atomic E-state index is -0.312. The molecule has 25 heavy (non-hydrogen) atoms. The van der Waals surface area contributed by atoms with Crippen molar-refractivity contribution in [3.8, 4) is 0 Å². The van der Waals surface area contributed by atoms with E-state index in [4.69, 9.17) is 0 Å². The number of nitrogens with one attached hydrogen (secondary N) is 1. The summed E-state index contributed by atoms with van der Waals surface area (Å²) < 4.78 is 0. The van der Waals surface area contributed by atoms with Crippen LogP contribution in [0.4, 0.5) is 17.1 Å². The van der Waals surface area contributed by atoms with Gasteiger partial charge in [0.1, 0.15) is 5.92 Å². The summed E-state index contributed by atoms with van der Waals surface area (Å²) in [6.07, 6.45) is 1.74. The largest absolute Gasteiger partial charge is 0.369 e. The van der Waals surface area contributed by atoms with Crippen molar-refractivity contribution >= 4 is 29.2 Å². The SMILES string of the molecule is CN1CCN(c2ccc(N=CC3C(=O)Nc4ccccc43)cc2)CC1. The number of para-hydroxylation sites is 1. The number of carbonyl (C=O) groups is 1. The molecule has 1 amide bonds. The number of piperazine rings is 1. The van der Waals surface area contributed by atoms with E-state index in [1.165, 1.54) is 5.69 Å². The Morgan fingerprint density at radius 3 is 2.52 bits per heavy atom. The van der Waals surface area contributed by atoms with Crippen molar-refractivity contribution in [2.45, 2.75) is 5.92 Å². The van der Waals surface area contributed by atoms with Crippen molar-refractivity contribution in [3.05, 3.63) is 54.1 Å². The van der Waals surface area contributed by atoms with Crippen molar-refractivity contribution < 1.29 is 4.79 Å². The average molecular weight is 334 g/mol. The second-order valence-corrected chi connectivity index (χ2v) is 6.64. The zero-order valence-electron chi connectivity index (χ0n) is 14.4. The molecule has 1 N–H and O–H groups in total. The highest BCUT2D eigenvalue weighted by Crippen LogP contribution is 2.31. The zero-order chi connectivity index (χ0) is 17.2. The molecule has 2 aromatic carbocycles. The molecule has 0 aromatic heterocycles. The lowest BCUT2D eigenvalue weighted by molar-refractivity contribution is -0.115. The third-order valence-corrected chi connectivity index (χ3v) is 4.93. The molecule has 2 aromatic rings. The Morgan fingerprint density at radius 1 is 1.04 bits per heavy atom. The van der Waals surface area contributed by atoms with Gasteiger partial charge in [-0.3, -0.25) is 9.79 Å². The molecule has 2 aliphatic heterocycles. The van der Waals surface area contributed by atoms with E-state index in [0.29, 0.717) is 0 Å². The summed E-state index contributed by atoms with van der Waals surface area (Å²) in [6, 6.07) is 16.0. The van der Waals surface area contributed by atoms with Crippen molar-refractivity contribution in [1.82, 2.24) is 4.90 Å². The van der Waals surface area contributed by atoms with E-state index in [-0.39, 0.29) is 11.8 Å². The monoisotopic (exact) mass is 334 g/mol. The highest BCUT2D eigenvalue weighted by molar-refractivity contribution is 6.12. The van der Waals surface area contributed by atoms with Crippen molar-refractivity contribution in [1.29, 1.82) is 0 Å². The molecule has 0 saturated carbocycles. The normalized spacial score (nSPS) is 20.8. The van der Waals surface area contributed by atoms with Gasteiger partial charge in [0.25, 0.3) is 0 Å². The summed E-state index contributed by atoms with van der Waals surface area (Å²) >= 11 is 0. The maximum Gasteiger partial charge on any atom is 0.237 e. The number of fused-ring (bicyclic) bond motifs is 1. The first kappa shape index (κ1) is 15.8. The van der Waals surface area contributed by atoms with Crippen LogP contribution in [0.2, 0.25) is 0 Å². The molecule has 128 valence electrons. The topological polar surface area (TPSA) is 47.9 Å². The van der Waals surface area contributed by atoms with Gasteiger partial charge in [-0.15, -0.1) is 0 Å². The quantitative estimate of drug-likeness (QED) is 0.878. The van der Waals surface area contributed by atoms with Crippen LogP contribution < -0.4 is 10.2 Å². The minimum Gasteiger partial charge on any atom is -0.369 e. The van der Waals surface area contributed by atoms with Crippen molar-refractivity contribution in [2.75, 3.05) is 43.4 Å². The Bertz CT molecular complexity index is 792. The fourth-order valence-electron chi connectivity index (χ4n) is 3.36. The fraction of sp³-hybridized carbons (Fsp3) is 0.300. The van der Waals surface area contributed by atoms with E-state index in [9.17, 15) is 4.79 Å². The molecular formula is C20H22N4O. The molecule has 1 fully saturated rings. The molecule has 4 rings (SSSR count). The summed E-state index contributed by atoms with van der Waals surface area (Å²) in [5.74, 6) is -0.326. The van der Waals surface area contributed by atoms with Gasteiger partial charge in [0.15, 0.2) is 0 Å². The first-order valence-corrected chi connectivity index (χ1v) is 8.68. The predicted octanol–water partition coefficient (Wildman–Crippen LogP) is 2.88. The number of hydrogen-bond donors (Lipinski definition) is 1. The lowest BCUT2D eigenvalue weighted by Crippen LogP contribution is -2.44. The lowest BCUT2D eigenvalue weighted by atomic mass is 10.0. The Labute approximate surface area is 148 Å². The van der Waals surface area contributed by atoms with E-state index in [1.807, 2.05) is 36.4 Å². The predicted molar refractivity (Wildman–Crippen MR) is 102 cm³/mol. The molecule has 0 radical (unpaired) electrons. The fourth-order valence-corrected chi connectivity index (χ4v) is 3.36. The molecule has 1 saturated heterocycles. The average Bonchev–Trinajstić information content (AvgIpc) is 2.96. The van der Waals surface area contributed by atoms with Crippen molar-refractivity contribution in [2.24, 2.45) is 4.99 Å². The molecule has 2 aliphatic rings. The lowest BCUT2D eigenvalue weighted by Gasteiger charge is -2.34. The smallest absolute Gasteiger partial charge is 0.237 e. The van der Waals surface area contributed by atoms with Gasteiger partial charge in [-0.1, -0.05) is 18.2 Å². The van der Waals surface area contributed by atoms with E-state index in [2.05, 4.69) is 39.3 Å². The van der Waals surface area contributed by atoms with E-state index >= 15 is 0 Å². The number of benzene rings is 2. The number of amides is 1. The number of rotatable bonds is 3. The number of carbonyl (C=O) groups excluding carboxylic acids is 1. The third kappa shape index (κ3) is 3.28. The zero-order valence-corrected chi connectivity index (χ0v) is 14.4. The van der Waals surface area contributed by atoms with Gasteiger partial charge in [0, 0.05) is 43.8 Å². The van der Waals surface area contributed by atoms with E-state index in [1.54, 1.807) is 6.21 Å². The Kier molecular flexibility index (Phi) is 4.24. The Morgan fingerprint density at radius 2 is 1.76 bits per heavy atom. The summed E-state index contributed by atoms with van der Waals surface area (Å²) in [5, 5.41) is 2.90. The standard InChI is InChI=1S/C20H22N4O/c1-23-10-12-24(13-11-23)16-8-6-15(7-9-16)21-14-18-17-4-2-3-5-19(17)22-20(18)25/h2-9,14,18H,10-13H2,1H3,(H,22,25). The summed E-state index contributed by atoms with van der Waals surface area (Å²) in [5.41, 5.74) is 3.98. The highest BCUT2D eigenvalue weighted by Gasteiger charge is 2.28. The van der Waals surface area contributed by atoms with Crippen LogP contribution in [-0.2, 0) is 4.79 Å². The van der Waals surface area contributed by atoms with Crippen LogP contribution in [-0.4, -0.2) is 50.2 Å². The maximum absolute atomic E-state index is 12.1. The molecule has 2 heterocycles. The van der Waals surface area contributed by atoms with Crippen LogP contribution in [0.25, 0.3) is 0 Å². The first-order chi connectivity index (χ1) is 12.2. The highest BCUT2D eigenvalue weighted by atomic mass is 16.2. The van der Waals surface area contributed by atoms with Crippen LogP contribution >= 0.6 is 0 Å². The van der Waals surface area contributed by atoms with Gasteiger partial charge < -0.3 is 15.1 Å². The van der Waals surface area contributed by atoms with Gasteiger partial charge in [0.05, 0.1) is 5.69 Å². The molecular weight excluding hydrogens is 312 g/mol. The Balaban J connectivity index is 1.46. The number of aliphatic imine (C=N–C) groups is 1. The molecule has 1 atom stereocenters. The molecule has 0 bridgehead atoms. The van der Waals surface area contributed by atoms with Gasteiger partial charge in [-0.2, -0.15) is 0 Å². The third-order valence-electron chi connectivity index (χ3n) is 4.93. The van der Waals surface area contributed by atoms with Gasteiger partial charge >= 0.3 is 0 Å². The van der Waals surface area contributed by atoms with Gasteiger partial charge in [-0.25, -0.2) is 0 Å². The van der Waals surface area contributed by atoms with Crippen molar-refractivity contribution in [3.63, 3.8) is 0 Å². The van der Waals surface area contributed by atoms with Crippen LogP contribution in [0.1, 0.15) is 11.5 Å². The number of hydrogen-bond acceptors (Lipinski definition) is 4. The maximum atomic E-state index is 12.1. The molecule has 1 unspecified atom stereocenters. The summed E-state index contributed by atoms with van der Waals surface area (Å²) in [6.45, 7) is 4.29. The Hall–Kier alpha value is -2.66.